The lowest BCUT2D eigenvalue weighted by Crippen LogP contribution is -2.53. The van der Waals surface area contributed by atoms with Gasteiger partial charge in [-0.3, -0.25) is 15.0 Å². The molecule has 5 rings (SSSR count). The number of hydrazine groups is 1. The van der Waals surface area contributed by atoms with E-state index in [9.17, 15) is 9.59 Å². The molecule has 2 heterocycles. The lowest BCUT2D eigenvalue weighted by Gasteiger charge is -2.41. The van der Waals surface area contributed by atoms with E-state index in [0.29, 0.717) is 17.9 Å². The Morgan fingerprint density at radius 1 is 0.833 bits per heavy atom. The average Bonchev–Trinajstić information content (AvgIpc) is 3.41. The molecule has 6 heteroatoms. The van der Waals surface area contributed by atoms with Crippen molar-refractivity contribution in [3.8, 4) is 0 Å². The van der Waals surface area contributed by atoms with Crippen molar-refractivity contribution in [3.63, 3.8) is 0 Å². The third kappa shape index (κ3) is 4.02. The third-order valence-electron chi connectivity index (χ3n) is 9.11. The van der Waals surface area contributed by atoms with Crippen LogP contribution < -0.4 is 5.43 Å². The minimum Gasteiger partial charge on any atom is -0.339 e. The molecular weight excluding hydrogens is 376 g/mol. The first-order valence-corrected chi connectivity index (χ1v) is 12.5. The van der Waals surface area contributed by atoms with Gasteiger partial charge in [0.2, 0.25) is 11.8 Å². The Balaban J connectivity index is 1.07. The monoisotopic (exact) mass is 416 g/mol. The van der Waals surface area contributed by atoms with Crippen LogP contribution in [0.5, 0.6) is 0 Å². The van der Waals surface area contributed by atoms with E-state index < -0.39 is 0 Å². The zero-order valence-electron chi connectivity index (χ0n) is 18.9. The molecule has 2 aliphatic heterocycles. The van der Waals surface area contributed by atoms with Gasteiger partial charge < -0.3 is 9.80 Å². The Labute approximate surface area is 181 Å². The molecule has 0 bridgehead atoms. The van der Waals surface area contributed by atoms with E-state index in [0.717, 1.165) is 69.6 Å². The van der Waals surface area contributed by atoms with Gasteiger partial charge in [0.05, 0.1) is 0 Å². The second-order valence-electron chi connectivity index (χ2n) is 11.2. The fraction of sp³-hybridized carbons (Fsp3) is 0.917. The summed E-state index contributed by atoms with van der Waals surface area (Å²) in [5.74, 6) is 3.40. The van der Waals surface area contributed by atoms with Crippen molar-refractivity contribution in [1.29, 1.82) is 0 Å². The standard InChI is InChI=1S/C24H40N4O2/c1-24(9-10-24)23(30)28-13-11-27(12-14-28)22(29)18-5-3-17(4-6-18)19-7-8-20-16-26(2)25-21(20)15-19/h17-21,25H,3-16H2,1-2H3. The van der Waals surface area contributed by atoms with Gasteiger partial charge in [-0.15, -0.1) is 0 Å². The van der Waals surface area contributed by atoms with E-state index in [4.69, 9.17) is 0 Å². The predicted molar refractivity (Wildman–Crippen MR) is 116 cm³/mol. The van der Waals surface area contributed by atoms with Crippen LogP contribution in [0.15, 0.2) is 0 Å². The number of nitrogens with zero attached hydrogens (tertiary/aromatic N) is 3. The van der Waals surface area contributed by atoms with Crippen LogP contribution in [0.3, 0.4) is 0 Å². The van der Waals surface area contributed by atoms with Gasteiger partial charge in [0.1, 0.15) is 0 Å². The molecule has 168 valence electrons. The molecule has 0 radical (unpaired) electrons. The van der Waals surface area contributed by atoms with Gasteiger partial charge in [0.25, 0.3) is 0 Å². The molecule has 3 saturated carbocycles. The molecule has 6 nitrogen and oxygen atoms in total. The molecule has 3 unspecified atom stereocenters. The summed E-state index contributed by atoms with van der Waals surface area (Å²) >= 11 is 0. The van der Waals surface area contributed by atoms with Crippen LogP contribution in [0.1, 0.15) is 64.7 Å². The highest BCUT2D eigenvalue weighted by atomic mass is 16.2. The summed E-state index contributed by atoms with van der Waals surface area (Å²) < 4.78 is 0. The molecular formula is C24H40N4O2. The maximum Gasteiger partial charge on any atom is 0.228 e. The van der Waals surface area contributed by atoms with Crippen LogP contribution in [-0.4, -0.2) is 72.4 Å². The summed E-state index contributed by atoms with van der Waals surface area (Å²) in [5.41, 5.74) is 3.57. The zero-order valence-corrected chi connectivity index (χ0v) is 18.9. The minimum atomic E-state index is -0.0901. The number of rotatable bonds is 3. The highest BCUT2D eigenvalue weighted by molar-refractivity contribution is 5.85. The van der Waals surface area contributed by atoms with Crippen molar-refractivity contribution in [2.24, 2.45) is 29.1 Å². The lowest BCUT2D eigenvalue weighted by molar-refractivity contribution is -0.145. The number of hydrogen-bond donors (Lipinski definition) is 1. The van der Waals surface area contributed by atoms with Gasteiger partial charge in [-0.2, -0.15) is 0 Å². The first kappa shape index (κ1) is 20.7. The Hall–Kier alpha value is -1.14. The number of piperazine rings is 1. The van der Waals surface area contributed by atoms with E-state index in [1.165, 1.54) is 38.6 Å². The molecule has 30 heavy (non-hydrogen) atoms. The quantitative estimate of drug-likeness (QED) is 0.768. The Morgan fingerprint density at radius 3 is 2.10 bits per heavy atom. The Bertz CT molecular complexity index is 662. The van der Waals surface area contributed by atoms with Crippen LogP contribution in [0.2, 0.25) is 0 Å². The molecule has 5 fully saturated rings. The number of nitrogens with one attached hydrogen (secondary N) is 1. The second-order valence-corrected chi connectivity index (χ2v) is 11.2. The molecule has 0 aromatic rings. The van der Waals surface area contributed by atoms with E-state index in [1.807, 2.05) is 9.80 Å². The molecule has 2 amide bonds. The highest BCUT2D eigenvalue weighted by Crippen LogP contribution is 2.47. The van der Waals surface area contributed by atoms with E-state index in [1.54, 1.807) is 0 Å². The minimum absolute atomic E-state index is 0.0901. The van der Waals surface area contributed by atoms with Crippen molar-refractivity contribution < 1.29 is 9.59 Å². The molecule has 5 aliphatic rings. The molecule has 3 atom stereocenters. The van der Waals surface area contributed by atoms with Crippen LogP contribution in [0, 0.1) is 29.1 Å². The third-order valence-corrected chi connectivity index (χ3v) is 9.11. The van der Waals surface area contributed by atoms with Crippen molar-refractivity contribution in [1.82, 2.24) is 20.2 Å². The van der Waals surface area contributed by atoms with Crippen molar-refractivity contribution in [3.05, 3.63) is 0 Å². The van der Waals surface area contributed by atoms with Crippen molar-refractivity contribution in [2.45, 2.75) is 70.8 Å². The molecule has 3 aliphatic carbocycles. The fourth-order valence-corrected chi connectivity index (χ4v) is 6.77. The zero-order chi connectivity index (χ0) is 20.9. The summed E-state index contributed by atoms with van der Waals surface area (Å²) in [6.07, 6.45) is 10.7. The van der Waals surface area contributed by atoms with Crippen LogP contribution in [-0.2, 0) is 9.59 Å². The number of amides is 2. The fourth-order valence-electron chi connectivity index (χ4n) is 6.77. The van der Waals surface area contributed by atoms with Gasteiger partial charge in [-0.25, -0.2) is 5.01 Å². The largest absolute Gasteiger partial charge is 0.339 e. The smallest absolute Gasteiger partial charge is 0.228 e. The highest BCUT2D eigenvalue weighted by Gasteiger charge is 2.47. The van der Waals surface area contributed by atoms with Gasteiger partial charge in [0.15, 0.2) is 0 Å². The summed E-state index contributed by atoms with van der Waals surface area (Å²) in [6.45, 7) is 6.19. The number of hydrogen-bond acceptors (Lipinski definition) is 4. The summed E-state index contributed by atoms with van der Waals surface area (Å²) in [7, 11) is 2.17. The van der Waals surface area contributed by atoms with Crippen molar-refractivity contribution in [2.75, 3.05) is 39.8 Å². The Morgan fingerprint density at radius 2 is 1.43 bits per heavy atom. The molecule has 0 aromatic heterocycles. The van der Waals surface area contributed by atoms with Gasteiger partial charge >= 0.3 is 0 Å². The van der Waals surface area contributed by atoms with Gasteiger partial charge in [-0.05, 0) is 75.5 Å². The van der Waals surface area contributed by atoms with Crippen LogP contribution in [0.4, 0.5) is 0 Å². The second kappa shape index (κ2) is 8.09. The number of carbonyl (C=O) groups excluding carboxylic acids is 2. The normalized spacial score (nSPS) is 38.9. The van der Waals surface area contributed by atoms with E-state index >= 15 is 0 Å². The SMILES string of the molecule is CN1CC2CCC(C3CCC(C(=O)N4CCN(C(=O)C5(C)CC5)CC4)CC3)CC2N1. The molecule has 1 N–H and O–H groups in total. The Kier molecular flexibility index (Phi) is 5.59. The number of fused-ring (bicyclic) bond motifs is 1. The van der Waals surface area contributed by atoms with E-state index in [2.05, 4.69) is 24.4 Å². The van der Waals surface area contributed by atoms with E-state index in [-0.39, 0.29) is 11.3 Å². The van der Waals surface area contributed by atoms with Gasteiger partial charge in [0, 0.05) is 57.1 Å². The lowest BCUT2D eigenvalue weighted by atomic mass is 9.68. The molecule has 0 aromatic carbocycles. The predicted octanol–water partition coefficient (Wildman–Crippen LogP) is 2.50. The first-order chi connectivity index (χ1) is 14.4. The van der Waals surface area contributed by atoms with Gasteiger partial charge in [-0.1, -0.05) is 6.92 Å². The van der Waals surface area contributed by atoms with Crippen LogP contribution >= 0.6 is 0 Å². The topological polar surface area (TPSA) is 55.9 Å². The van der Waals surface area contributed by atoms with Crippen LogP contribution in [0.25, 0.3) is 0 Å². The molecule has 0 spiro atoms. The maximum absolute atomic E-state index is 13.1. The summed E-state index contributed by atoms with van der Waals surface area (Å²) in [5, 5.41) is 2.28. The summed E-state index contributed by atoms with van der Waals surface area (Å²) in [6, 6.07) is 0.685. The summed E-state index contributed by atoms with van der Waals surface area (Å²) in [4.78, 5) is 29.7. The van der Waals surface area contributed by atoms with Crippen molar-refractivity contribution >= 4 is 11.8 Å². The molecule has 2 saturated heterocycles. The maximum atomic E-state index is 13.1. The average molecular weight is 417 g/mol. The number of carbonyl (C=O) groups is 2. The first-order valence-electron chi connectivity index (χ1n) is 12.5.